The van der Waals surface area contributed by atoms with Crippen molar-refractivity contribution in [3.8, 4) is 11.5 Å². The second kappa shape index (κ2) is 8.53. The summed E-state index contributed by atoms with van der Waals surface area (Å²) < 4.78 is 6.24. The van der Waals surface area contributed by atoms with E-state index >= 15 is 0 Å². The number of fused-ring (bicyclic) bond motifs is 2. The molecule has 1 aromatic heterocycles. The number of anilines is 1. The molecule has 2 aliphatic heterocycles. The summed E-state index contributed by atoms with van der Waals surface area (Å²) in [5.74, 6) is 2.27. The molecule has 3 heterocycles. The molecule has 1 amide bonds. The first-order chi connectivity index (χ1) is 15.2. The Morgan fingerprint density at radius 1 is 1.06 bits per heavy atom. The molecular weight excluding hydrogens is 408 g/mol. The van der Waals surface area contributed by atoms with Gasteiger partial charge in [-0.15, -0.1) is 11.3 Å². The Morgan fingerprint density at radius 2 is 1.90 bits per heavy atom. The number of carbonyl (C=O) groups is 1. The Balaban J connectivity index is 1.51. The number of nitrogens with zero attached hydrogens (tertiary/aromatic N) is 3. The Bertz CT molecular complexity index is 1120. The summed E-state index contributed by atoms with van der Waals surface area (Å²) in [5, 5.41) is 4.91. The largest absolute Gasteiger partial charge is 0.454 e. The van der Waals surface area contributed by atoms with Crippen molar-refractivity contribution in [2.75, 3.05) is 38.0 Å². The van der Waals surface area contributed by atoms with Gasteiger partial charge in [-0.3, -0.25) is 4.79 Å². The van der Waals surface area contributed by atoms with E-state index in [1.807, 2.05) is 60.0 Å². The maximum atomic E-state index is 12.6. The summed E-state index contributed by atoms with van der Waals surface area (Å²) in [6.45, 7) is 7.06. The number of thiophene rings is 1. The lowest BCUT2D eigenvalue weighted by atomic mass is 10.1. The molecule has 0 saturated carbocycles. The fraction of sp³-hybridized carbons (Fsp3) is 0.250. The van der Waals surface area contributed by atoms with Crippen molar-refractivity contribution in [3.63, 3.8) is 0 Å². The zero-order valence-electron chi connectivity index (χ0n) is 17.4. The van der Waals surface area contributed by atoms with E-state index < -0.39 is 0 Å². The van der Waals surface area contributed by atoms with E-state index in [9.17, 15) is 4.79 Å². The van der Waals surface area contributed by atoms with Crippen LogP contribution in [0.5, 0.6) is 11.5 Å². The first kappa shape index (κ1) is 19.8. The molecule has 2 aromatic carbocycles. The zero-order valence-corrected chi connectivity index (χ0v) is 18.2. The first-order valence-electron chi connectivity index (χ1n) is 10.5. The summed E-state index contributed by atoms with van der Waals surface area (Å²) in [7, 11) is 0. The van der Waals surface area contributed by atoms with Gasteiger partial charge in [-0.05, 0) is 48.3 Å². The highest BCUT2D eigenvalue weighted by Crippen LogP contribution is 2.39. The van der Waals surface area contributed by atoms with Crippen LogP contribution in [-0.4, -0.2) is 54.3 Å². The number of amidine groups is 1. The van der Waals surface area contributed by atoms with E-state index in [1.54, 1.807) is 0 Å². The quantitative estimate of drug-likeness (QED) is 0.645. The standard InChI is InChI=1S/C24H24N4O2S/c1-2-27-11-13-28(14-12-27)23-18-16-17(25-24(29)22-8-5-15-31-22)9-10-20(18)30-21-7-4-3-6-19(21)26-23/h3-10,15-16H,2,11-14H2,1H3,(H,25,29). The fourth-order valence-corrected chi connectivity index (χ4v) is 4.54. The number of nitrogens with one attached hydrogen (secondary N) is 1. The predicted octanol–water partition coefficient (Wildman–Crippen LogP) is 4.82. The third-order valence-electron chi connectivity index (χ3n) is 5.65. The van der Waals surface area contributed by atoms with Gasteiger partial charge in [0.25, 0.3) is 5.91 Å². The molecule has 1 N–H and O–H groups in total. The Labute approximate surface area is 185 Å². The van der Waals surface area contributed by atoms with E-state index in [-0.39, 0.29) is 5.91 Å². The van der Waals surface area contributed by atoms with E-state index in [1.165, 1.54) is 11.3 Å². The highest BCUT2D eigenvalue weighted by atomic mass is 32.1. The fourth-order valence-electron chi connectivity index (χ4n) is 3.92. The molecule has 5 rings (SSSR count). The third kappa shape index (κ3) is 4.06. The van der Waals surface area contributed by atoms with E-state index in [4.69, 9.17) is 9.73 Å². The molecule has 2 aliphatic rings. The third-order valence-corrected chi connectivity index (χ3v) is 6.52. The van der Waals surface area contributed by atoms with Gasteiger partial charge >= 0.3 is 0 Å². The molecule has 3 aromatic rings. The lowest BCUT2D eigenvalue weighted by molar-refractivity contribution is 0.103. The van der Waals surface area contributed by atoms with Crippen LogP contribution in [0.25, 0.3) is 0 Å². The SMILES string of the molecule is CCN1CCN(C2=Nc3ccccc3Oc3ccc(NC(=O)c4cccs4)cc32)CC1. The van der Waals surface area contributed by atoms with Crippen LogP contribution in [0, 0.1) is 0 Å². The number of ether oxygens (including phenoxy) is 1. The topological polar surface area (TPSA) is 57.2 Å². The molecule has 6 nitrogen and oxygen atoms in total. The first-order valence-corrected chi connectivity index (χ1v) is 11.4. The van der Waals surface area contributed by atoms with Crippen molar-refractivity contribution >= 4 is 34.5 Å². The second-order valence-corrected chi connectivity index (χ2v) is 8.52. The highest BCUT2D eigenvalue weighted by molar-refractivity contribution is 7.12. The van der Waals surface area contributed by atoms with E-state index in [0.717, 1.165) is 67.0 Å². The number of benzene rings is 2. The summed E-state index contributed by atoms with van der Waals surface area (Å²) in [5.41, 5.74) is 2.44. The van der Waals surface area contributed by atoms with Gasteiger partial charge in [-0.1, -0.05) is 25.1 Å². The monoisotopic (exact) mass is 432 g/mol. The highest BCUT2D eigenvalue weighted by Gasteiger charge is 2.26. The number of likely N-dealkylation sites (N-methyl/N-ethyl adjacent to an activating group) is 1. The molecule has 0 spiro atoms. The number of aliphatic imine (C=N–C) groups is 1. The average molecular weight is 433 g/mol. The number of hydrogen-bond acceptors (Lipinski definition) is 6. The van der Waals surface area contributed by atoms with Gasteiger partial charge in [0.1, 0.15) is 17.3 Å². The Kier molecular flexibility index (Phi) is 5.44. The summed E-state index contributed by atoms with van der Waals surface area (Å²) in [6, 6.07) is 17.3. The lowest BCUT2D eigenvalue weighted by Crippen LogP contribution is -2.48. The van der Waals surface area contributed by atoms with Gasteiger partial charge in [0, 0.05) is 31.9 Å². The minimum Gasteiger partial charge on any atom is -0.454 e. The molecule has 0 aliphatic carbocycles. The van der Waals surface area contributed by atoms with Crippen LogP contribution in [0.15, 0.2) is 65.0 Å². The van der Waals surface area contributed by atoms with Crippen molar-refractivity contribution in [3.05, 3.63) is 70.4 Å². The maximum absolute atomic E-state index is 12.6. The van der Waals surface area contributed by atoms with Crippen molar-refractivity contribution in [2.24, 2.45) is 4.99 Å². The number of hydrogen-bond donors (Lipinski definition) is 1. The van der Waals surface area contributed by atoms with Crippen molar-refractivity contribution in [2.45, 2.75) is 6.92 Å². The zero-order chi connectivity index (χ0) is 21.2. The summed E-state index contributed by atoms with van der Waals surface area (Å²) >= 11 is 1.43. The van der Waals surface area contributed by atoms with Crippen LogP contribution in [0.4, 0.5) is 11.4 Å². The van der Waals surface area contributed by atoms with Crippen LogP contribution in [0.3, 0.4) is 0 Å². The van der Waals surface area contributed by atoms with Crippen LogP contribution in [0.2, 0.25) is 0 Å². The summed E-state index contributed by atoms with van der Waals surface area (Å²) in [6.07, 6.45) is 0. The molecule has 1 fully saturated rings. The molecule has 31 heavy (non-hydrogen) atoms. The van der Waals surface area contributed by atoms with Gasteiger partial charge in [0.05, 0.1) is 10.4 Å². The van der Waals surface area contributed by atoms with Gasteiger partial charge < -0.3 is 19.9 Å². The predicted molar refractivity (Wildman–Crippen MR) is 125 cm³/mol. The molecule has 0 atom stereocenters. The summed E-state index contributed by atoms with van der Waals surface area (Å²) in [4.78, 5) is 23.0. The maximum Gasteiger partial charge on any atom is 0.265 e. The van der Waals surface area contributed by atoms with Gasteiger partial charge in [-0.25, -0.2) is 4.99 Å². The molecule has 7 heteroatoms. The number of para-hydroxylation sites is 2. The Morgan fingerprint density at radius 3 is 2.68 bits per heavy atom. The minimum atomic E-state index is -0.108. The van der Waals surface area contributed by atoms with Crippen molar-refractivity contribution in [1.82, 2.24) is 9.80 Å². The molecular formula is C24H24N4O2S. The van der Waals surface area contributed by atoms with Gasteiger partial charge in [0.15, 0.2) is 5.75 Å². The number of carbonyl (C=O) groups excluding carboxylic acids is 1. The lowest BCUT2D eigenvalue weighted by Gasteiger charge is -2.36. The van der Waals surface area contributed by atoms with Gasteiger partial charge in [0.2, 0.25) is 0 Å². The van der Waals surface area contributed by atoms with Crippen LogP contribution >= 0.6 is 11.3 Å². The molecule has 158 valence electrons. The van der Waals surface area contributed by atoms with E-state index in [2.05, 4.69) is 22.0 Å². The van der Waals surface area contributed by atoms with Crippen LogP contribution < -0.4 is 10.1 Å². The molecule has 1 saturated heterocycles. The number of amides is 1. The normalized spacial score (nSPS) is 15.9. The number of piperazine rings is 1. The van der Waals surface area contributed by atoms with E-state index in [0.29, 0.717) is 4.88 Å². The Hall–Kier alpha value is -3.16. The number of rotatable bonds is 3. The average Bonchev–Trinajstić information content (AvgIpc) is 3.29. The molecule has 0 bridgehead atoms. The van der Waals surface area contributed by atoms with Gasteiger partial charge in [-0.2, -0.15) is 0 Å². The van der Waals surface area contributed by atoms with Crippen molar-refractivity contribution in [1.29, 1.82) is 0 Å². The van der Waals surface area contributed by atoms with Crippen LogP contribution in [0.1, 0.15) is 22.2 Å². The van der Waals surface area contributed by atoms with Crippen LogP contribution in [-0.2, 0) is 0 Å². The van der Waals surface area contributed by atoms with Crippen molar-refractivity contribution < 1.29 is 9.53 Å². The molecule has 0 unspecified atom stereocenters. The second-order valence-electron chi connectivity index (χ2n) is 7.57. The minimum absolute atomic E-state index is 0.108. The molecule has 0 radical (unpaired) electrons. The smallest absolute Gasteiger partial charge is 0.265 e.